The number of nitrogens with zero attached hydrogens (tertiary/aromatic N) is 2. The Morgan fingerprint density at radius 2 is 1.90 bits per heavy atom. The first-order valence-electron chi connectivity index (χ1n) is 9.38. The van der Waals surface area contributed by atoms with E-state index in [1.165, 1.54) is 17.7 Å². The first kappa shape index (κ1) is 18.4. The van der Waals surface area contributed by atoms with Gasteiger partial charge in [-0.2, -0.15) is 0 Å². The molecule has 0 saturated carbocycles. The van der Waals surface area contributed by atoms with Crippen LogP contribution >= 0.6 is 11.3 Å². The number of hydrogen-bond acceptors (Lipinski definition) is 7. The summed E-state index contributed by atoms with van der Waals surface area (Å²) in [6.45, 7) is 0.833. The van der Waals surface area contributed by atoms with Crippen molar-refractivity contribution in [3.63, 3.8) is 0 Å². The zero-order valence-corrected chi connectivity index (χ0v) is 16.6. The van der Waals surface area contributed by atoms with Gasteiger partial charge in [-0.1, -0.05) is 30.3 Å². The summed E-state index contributed by atoms with van der Waals surface area (Å²) in [7, 11) is 0. The number of hydrogen-bond donors (Lipinski definition) is 1. The van der Waals surface area contributed by atoms with Gasteiger partial charge in [-0.25, -0.2) is 9.97 Å². The molecule has 0 saturated heterocycles. The Labute approximate surface area is 176 Å². The molecule has 2 aromatic heterocycles. The van der Waals surface area contributed by atoms with Crippen molar-refractivity contribution in [3.05, 3.63) is 60.2 Å². The fourth-order valence-corrected chi connectivity index (χ4v) is 4.15. The van der Waals surface area contributed by atoms with Crippen molar-refractivity contribution in [2.24, 2.45) is 0 Å². The number of benzene rings is 2. The maximum atomic E-state index is 12.4. The molecule has 0 unspecified atom stereocenters. The Kier molecular flexibility index (Phi) is 4.90. The van der Waals surface area contributed by atoms with Crippen LogP contribution < -0.4 is 19.5 Å². The van der Waals surface area contributed by atoms with Crippen molar-refractivity contribution >= 4 is 33.1 Å². The molecule has 1 aliphatic heterocycles. The van der Waals surface area contributed by atoms with Gasteiger partial charge in [0.15, 0.2) is 18.1 Å². The molecule has 8 heteroatoms. The predicted molar refractivity (Wildman–Crippen MR) is 114 cm³/mol. The van der Waals surface area contributed by atoms with Gasteiger partial charge < -0.3 is 19.5 Å². The van der Waals surface area contributed by atoms with Crippen molar-refractivity contribution < 1.29 is 19.0 Å². The zero-order valence-electron chi connectivity index (χ0n) is 15.8. The number of aromatic nitrogens is 2. The molecule has 150 valence electrons. The lowest BCUT2D eigenvalue weighted by Crippen LogP contribution is -2.21. The average Bonchev–Trinajstić information content (AvgIpc) is 3.23. The fourth-order valence-electron chi connectivity index (χ4n) is 3.24. The van der Waals surface area contributed by atoms with E-state index in [-0.39, 0.29) is 12.5 Å². The van der Waals surface area contributed by atoms with Crippen LogP contribution in [0.2, 0.25) is 0 Å². The van der Waals surface area contributed by atoms with E-state index < -0.39 is 0 Å². The Hall–Kier alpha value is -3.65. The van der Waals surface area contributed by atoms with E-state index in [0.29, 0.717) is 36.3 Å². The monoisotopic (exact) mass is 419 g/mol. The molecule has 0 fully saturated rings. The number of rotatable bonds is 5. The van der Waals surface area contributed by atoms with Gasteiger partial charge in [0.25, 0.3) is 5.91 Å². The van der Waals surface area contributed by atoms with Crippen LogP contribution in [0, 0.1) is 0 Å². The number of ether oxygens (including phenoxy) is 3. The van der Waals surface area contributed by atoms with Crippen molar-refractivity contribution in [1.82, 2.24) is 9.97 Å². The van der Waals surface area contributed by atoms with Gasteiger partial charge in [-0.15, -0.1) is 11.3 Å². The number of anilines is 1. The summed E-state index contributed by atoms with van der Waals surface area (Å²) in [6, 6.07) is 15.2. The third-order valence-electron chi connectivity index (χ3n) is 4.59. The molecule has 0 bridgehead atoms. The molecule has 1 N–H and O–H groups in total. The van der Waals surface area contributed by atoms with Crippen LogP contribution in [-0.2, 0) is 4.79 Å². The summed E-state index contributed by atoms with van der Waals surface area (Å²) < 4.78 is 16.8. The fraction of sp³-hybridized carbons (Fsp3) is 0.136. The third-order valence-corrected chi connectivity index (χ3v) is 5.47. The topological polar surface area (TPSA) is 82.6 Å². The molecule has 1 amide bonds. The zero-order chi connectivity index (χ0) is 20.3. The van der Waals surface area contributed by atoms with E-state index in [4.69, 9.17) is 14.2 Å². The quantitative estimate of drug-likeness (QED) is 0.523. The summed E-state index contributed by atoms with van der Waals surface area (Å²) in [5.41, 5.74) is 2.64. The molecule has 0 aliphatic carbocycles. The van der Waals surface area contributed by atoms with Crippen molar-refractivity contribution in [2.45, 2.75) is 0 Å². The van der Waals surface area contributed by atoms with Gasteiger partial charge in [0, 0.05) is 22.7 Å². The summed E-state index contributed by atoms with van der Waals surface area (Å²) in [5, 5.41) is 5.64. The summed E-state index contributed by atoms with van der Waals surface area (Å²) in [4.78, 5) is 21.8. The third kappa shape index (κ3) is 3.65. The lowest BCUT2D eigenvalue weighted by atomic mass is 10.1. The second kappa shape index (κ2) is 8.00. The minimum atomic E-state index is -0.296. The molecule has 1 aliphatic rings. The lowest BCUT2D eigenvalue weighted by molar-refractivity contribution is -0.118. The maximum Gasteiger partial charge on any atom is 0.262 e. The molecule has 5 rings (SSSR count). The lowest BCUT2D eigenvalue weighted by Gasteiger charge is -2.19. The van der Waals surface area contributed by atoms with E-state index in [2.05, 4.69) is 15.3 Å². The molecule has 7 nitrogen and oxygen atoms in total. The van der Waals surface area contributed by atoms with Gasteiger partial charge >= 0.3 is 0 Å². The van der Waals surface area contributed by atoms with Crippen LogP contribution in [0.3, 0.4) is 0 Å². The van der Waals surface area contributed by atoms with Crippen molar-refractivity contribution in [3.8, 4) is 28.5 Å². The first-order valence-corrected chi connectivity index (χ1v) is 10.3. The highest BCUT2D eigenvalue weighted by Crippen LogP contribution is 2.37. The Morgan fingerprint density at radius 1 is 1.07 bits per heavy atom. The van der Waals surface area contributed by atoms with Gasteiger partial charge in [0.2, 0.25) is 5.88 Å². The Balaban J connectivity index is 1.33. The Morgan fingerprint density at radius 3 is 2.77 bits per heavy atom. The van der Waals surface area contributed by atoms with E-state index in [1.807, 2.05) is 35.7 Å². The molecule has 30 heavy (non-hydrogen) atoms. The van der Waals surface area contributed by atoms with Crippen LogP contribution in [0.25, 0.3) is 21.3 Å². The van der Waals surface area contributed by atoms with Crippen LogP contribution in [0.4, 0.5) is 5.69 Å². The highest BCUT2D eigenvalue weighted by atomic mass is 32.1. The highest BCUT2D eigenvalue weighted by molar-refractivity contribution is 7.17. The molecular formula is C22H17N3O4S. The minimum absolute atomic E-state index is 0.176. The largest absolute Gasteiger partial charge is 0.486 e. The van der Waals surface area contributed by atoms with Crippen LogP contribution in [0.1, 0.15) is 0 Å². The van der Waals surface area contributed by atoms with Gasteiger partial charge in [0.05, 0.1) is 5.39 Å². The van der Waals surface area contributed by atoms with E-state index in [1.54, 1.807) is 18.2 Å². The number of amides is 1. The first-order chi connectivity index (χ1) is 14.8. The molecule has 4 aromatic rings. The molecule has 3 heterocycles. The van der Waals surface area contributed by atoms with Crippen LogP contribution in [0.15, 0.2) is 60.2 Å². The second-order valence-corrected chi connectivity index (χ2v) is 7.43. The number of nitrogens with one attached hydrogen (secondary N) is 1. The second-order valence-electron chi connectivity index (χ2n) is 6.57. The normalized spacial score (nSPS) is 12.5. The molecule has 0 spiro atoms. The highest BCUT2D eigenvalue weighted by Gasteiger charge is 2.16. The summed E-state index contributed by atoms with van der Waals surface area (Å²) in [5.74, 6) is 1.38. The van der Waals surface area contributed by atoms with Crippen LogP contribution in [0.5, 0.6) is 17.4 Å². The standard InChI is InChI=1S/C22H17N3O4S/c26-19(25-15-6-7-17-18(10-15)28-9-8-27-17)11-29-21-20-16(14-4-2-1-3-5-14)12-30-22(20)24-13-23-21/h1-7,10,12-13H,8-9,11H2,(H,25,26). The van der Waals surface area contributed by atoms with Crippen molar-refractivity contribution in [2.75, 3.05) is 25.1 Å². The number of carbonyl (C=O) groups is 1. The molecular weight excluding hydrogens is 402 g/mol. The summed E-state index contributed by atoms with van der Waals surface area (Å²) >= 11 is 1.52. The Bertz CT molecular complexity index is 1210. The van der Waals surface area contributed by atoms with Crippen molar-refractivity contribution in [1.29, 1.82) is 0 Å². The number of carbonyl (C=O) groups excluding carboxylic acids is 1. The summed E-state index contributed by atoms with van der Waals surface area (Å²) in [6.07, 6.45) is 1.45. The van der Waals surface area contributed by atoms with Gasteiger partial charge in [-0.3, -0.25) is 4.79 Å². The molecule has 2 aromatic carbocycles. The maximum absolute atomic E-state index is 12.4. The van der Waals surface area contributed by atoms with Gasteiger partial charge in [-0.05, 0) is 17.7 Å². The molecule has 0 atom stereocenters. The molecule has 0 radical (unpaired) electrons. The average molecular weight is 419 g/mol. The van der Waals surface area contributed by atoms with E-state index >= 15 is 0 Å². The number of thiophene rings is 1. The minimum Gasteiger partial charge on any atom is -0.486 e. The number of fused-ring (bicyclic) bond motifs is 2. The SMILES string of the molecule is O=C(COc1ncnc2scc(-c3ccccc3)c12)Nc1ccc2c(c1)OCCO2. The van der Waals surface area contributed by atoms with Crippen LogP contribution in [-0.4, -0.2) is 35.7 Å². The van der Waals surface area contributed by atoms with E-state index in [0.717, 1.165) is 21.3 Å². The van der Waals surface area contributed by atoms with Gasteiger partial charge in [0.1, 0.15) is 24.4 Å². The van der Waals surface area contributed by atoms with E-state index in [9.17, 15) is 4.79 Å². The predicted octanol–water partition coefficient (Wildman–Crippen LogP) is 4.15. The smallest absolute Gasteiger partial charge is 0.262 e.